The molecular weight excluding hydrogens is 256 g/mol. The average molecular weight is 274 g/mol. The molecule has 2 aliphatic heterocycles. The number of amides is 1. The van der Waals surface area contributed by atoms with Gasteiger partial charge in [0, 0.05) is 12.2 Å². The summed E-state index contributed by atoms with van der Waals surface area (Å²) in [5.41, 5.74) is 1.88. The Kier molecular flexibility index (Phi) is 3.44. The van der Waals surface area contributed by atoms with Crippen LogP contribution in [0.1, 0.15) is 35.2 Å². The highest BCUT2D eigenvalue weighted by molar-refractivity contribution is 6.00. The van der Waals surface area contributed by atoms with Crippen molar-refractivity contribution in [3.63, 3.8) is 0 Å². The van der Waals surface area contributed by atoms with Crippen molar-refractivity contribution in [3.05, 3.63) is 29.3 Å². The summed E-state index contributed by atoms with van der Waals surface area (Å²) < 4.78 is 0. The number of carboxylic acids is 1. The lowest BCUT2D eigenvalue weighted by Gasteiger charge is -2.32. The molecule has 0 radical (unpaired) electrons. The third kappa shape index (κ3) is 2.18. The van der Waals surface area contributed by atoms with E-state index < -0.39 is 5.97 Å². The van der Waals surface area contributed by atoms with Crippen LogP contribution in [0, 0.1) is 0 Å². The summed E-state index contributed by atoms with van der Waals surface area (Å²) in [7, 11) is 0. The molecule has 0 aromatic heterocycles. The number of fused-ring (bicyclic) bond motifs is 1. The Labute approximate surface area is 117 Å². The standard InChI is InChI=1S/C15H18N2O3/c18-14(12-6-2-8-16-12)17-9-3-5-10-11(15(19)20)4-1-7-13(10)17/h1,4,7,12,16H,2-3,5-6,8-9H2,(H,19,20)/t12-/m0/s1. The summed E-state index contributed by atoms with van der Waals surface area (Å²) >= 11 is 0. The first-order chi connectivity index (χ1) is 9.68. The SMILES string of the molecule is O=C(O)c1cccc2c1CCCN2C(=O)[C@@H]1CCCN1. The second kappa shape index (κ2) is 5.25. The van der Waals surface area contributed by atoms with Crippen LogP contribution in [0.25, 0.3) is 0 Å². The number of nitrogens with one attached hydrogen (secondary N) is 1. The quantitative estimate of drug-likeness (QED) is 0.855. The third-order valence-electron chi connectivity index (χ3n) is 4.11. The molecule has 1 amide bonds. The van der Waals surface area contributed by atoms with Gasteiger partial charge < -0.3 is 15.3 Å². The van der Waals surface area contributed by atoms with Gasteiger partial charge >= 0.3 is 5.97 Å². The van der Waals surface area contributed by atoms with Crippen LogP contribution in [0.4, 0.5) is 5.69 Å². The van der Waals surface area contributed by atoms with Crippen LogP contribution in [0.2, 0.25) is 0 Å². The van der Waals surface area contributed by atoms with E-state index in [1.165, 1.54) is 0 Å². The Morgan fingerprint density at radius 2 is 2.15 bits per heavy atom. The van der Waals surface area contributed by atoms with Gasteiger partial charge in [0.15, 0.2) is 0 Å². The van der Waals surface area contributed by atoms with Gasteiger partial charge in [-0.25, -0.2) is 4.79 Å². The van der Waals surface area contributed by atoms with Gasteiger partial charge in [0.25, 0.3) is 0 Å². The number of carbonyl (C=O) groups is 2. The van der Waals surface area contributed by atoms with Crippen LogP contribution < -0.4 is 10.2 Å². The highest BCUT2D eigenvalue weighted by Crippen LogP contribution is 2.31. The number of nitrogens with zero attached hydrogens (tertiary/aromatic N) is 1. The second-order valence-electron chi connectivity index (χ2n) is 5.35. The fraction of sp³-hybridized carbons (Fsp3) is 0.467. The Morgan fingerprint density at radius 3 is 2.85 bits per heavy atom. The molecule has 3 rings (SSSR count). The highest BCUT2D eigenvalue weighted by Gasteiger charge is 2.31. The second-order valence-corrected chi connectivity index (χ2v) is 5.35. The van der Waals surface area contributed by atoms with E-state index in [0.29, 0.717) is 12.1 Å². The molecule has 0 saturated carbocycles. The Balaban J connectivity index is 1.95. The van der Waals surface area contributed by atoms with E-state index in [4.69, 9.17) is 0 Å². The maximum Gasteiger partial charge on any atom is 0.336 e. The van der Waals surface area contributed by atoms with Crippen molar-refractivity contribution < 1.29 is 14.7 Å². The Morgan fingerprint density at radius 1 is 1.30 bits per heavy atom. The molecule has 5 heteroatoms. The van der Waals surface area contributed by atoms with Crippen molar-refractivity contribution in [2.24, 2.45) is 0 Å². The van der Waals surface area contributed by atoms with Gasteiger partial charge in [-0.3, -0.25) is 4.79 Å². The molecule has 2 N–H and O–H groups in total. The lowest BCUT2D eigenvalue weighted by atomic mass is 9.95. The highest BCUT2D eigenvalue weighted by atomic mass is 16.4. The van der Waals surface area contributed by atoms with Gasteiger partial charge in [0.05, 0.1) is 11.6 Å². The first kappa shape index (κ1) is 13.1. The lowest BCUT2D eigenvalue weighted by Crippen LogP contribution is -2.46. The molecule has 5 nitrogen and oxygen atoms in total. The van der Waals surface area contributed by atoms with Crippen molar-refractivity contribution >= 4 is 17.6 Å². The molecule has 0 spiro atoms. The first-order valence-corrected chi connectivity index (χ1v) is 7.08. The molecule has 1 aromatic carbocycles. The van der Waals surface area contributed by atoms with Gasteiger partial charge in [0.1, 0.15) is 0 Å². The molecule has 2 heterocycles. The zero-order valence-electron chi connectivity index (χ0n) is 11.3. The summed E-state index contributed by atoms with van der Waals surface area (Å²) in [6, 6.07) is 5.07. The number of rotatable bonds is 2. The van der Waals surface area contributed by atoms with Crippen molar-refractivity contribution in [2.45, 2.75) is 31.7 Å². The molecule has 0 aliphatic carbocycles. The molecule has 0 bridgehead atoms. The summed E-state index contributed by atoms with van der Waals surface area (Å²) in [5, 5.41) is 12.5. The van der Waals surface area contributed by atoms with Crippen LogP contribution in [-0.4, -0.2) is 36.1 Å². The molecule has 1 atom stereocenters. The van der Waals surface area contributed by atoms with Gasteiger partial charge in [-0.2, -0.15) is 0 Å². The van der Waals surface area contributed by atoms with Crippen molar-refractivity contribution in [1.29, 1.82) is 0 Å². The predicted molar refractivity (Wildman–Crippen MR) is 75.1 cm³/mol. The number of benzene rings is 1. The maximum atomic E-state index is 12.6. The van der Waals surface area contributed by atoms with E-state index in [2.05, 4.69) is 5.32 Å². The summed E-state index contributed by atoms with van der Waals surface area (Å²) in [6.45, 7) is 1.55. The van der Waals surface area contributed by atoms with Crippen LogP contribution >= 0.6 is 0 Å². The molecule has 20 heavy (non-hydrogen) atoms. The van der Waals surface area contributed by atoms with E-state index in [0.717, 1.165) is 43.5 Å². The van der Waals surface area contributed by atoms with Gasteiger partial charge in [0.2, 0.25) is 5.91 Å². The van der Waals surface area contributed by atoms with Crippen molar-refractivity contribution in [1.82, 2.24) is 5.32 Å². The van der Waals surface area contributed by atoms with Crippen molar-refractivity contribution in [2.75, 3.05) is 18.0 Å². The normalized spacial score (nSPS) is 21.6. The summed E-state index contributed by atoms with van der Waals surface area (Å²) in [6.07, 6.45) is 3.42. The van der Waals surface area contributed by atoms with E-state index in [1.807, 2.05) is 6.07 Å². The first-order valence-electron chi connectivity index (χ1n) is 7.08. The van der Waals surface area contributed by atoms with Gasteiger partial charge in [-0.1, -0.05) is 6.07 Å². The summed E-state index contributed by atoms with van der Waals surface area (Å²) in [4.78, 5) is 25.6. The maximum absolute atomic E-state index is 12.6. The number of anilines is 1. The molecule has 2 aliphatic rings. The van der Waals surface area contributed by atoms with Gasteiger partial charge in [-0.05, 0) is 49.9 Å². The van der Waals surface area contributed by atoms with E-state index >= 15 is 0 Å². The topological polar surface area (TPSA) is 69.6 Å². The zero-order valence-corrected chi connectivity index (χ0v) is 11.3. The minimum absolute atomic E-state index is 0.0750. The monoisotopic (exact) mass is 274 g/mol. The average Bonchev–Trinajstić information content (AvgIpc) is 2.99. The number of carbonyl (C=O) groups excluding carboxylic acids is 1. The summed E-state index contributed by atoms with van der Waals surface area (Å²) in [5.74, 6) is -0.846. The van der Waals surface area contributed by atoms with E-state index in [-0.39, 0.29) is 11.9 Å². The number of carboxylic acid groups (broad SMARTS) is 1. The van der Waals surface area contributed by atoms with Crippen LogP contribution in [0.15, 0.2) is 18.2 Å². The smallest absolute Gasteiger partial charge is 0.336 e. The third-order valence-corrected chi connectivity index (χ3v) is 4.11. The molecule has 1 fully saturated rings. The number of hydrogen-bond acceptors (Lipinski definition) is 3. The largest absolute Gasteiger partial charge is 0.478 e. The Hall–Kier alpha value is -1.88. The fourth-order valence-electron chi connectivity index (χ4n) is 3.14. The minimum Gasteiger partial charge on any atom is -0.478 e. The lowest BCUT2D eigenvalue weighted by molar-refractivity contribution is -0.120. The van der Waals surface area contributed by atoms with Crippen LogP contribution in [0.5, 0.6) is 0 Å². The Bertz CT molecular complexity index is 550. The van der Waals surface area contributed by atoms with E-state index in [9.17, 15) is 14.7 Å². The molecule has 0 unspecified atom stereocenters. The molecule has 1 saturated heterocycles. The predicted octanol–water partition coefficient (Wildman–Crippen LogP) is 1.42. The van der Waals surface area contributed by atoms with E-state index in [1.54, 1.807) is 17.0 Å². The zero-order chi connectivity index (χ0) is 14.1. The van der Waals surface area contributed by atoms with Crippen LogP contribution in [-0.2, 0) is 11.2 Å². The fourth-order valence-corrected chi connectivity index (χ4v) is 3.14. The van der Waals surface area contributed by atoms with Crippen LogP contribution in [0.3, 0.4) is 0 Å². The molecule has 106 valence electrons. The van der Waals surface area contributed by atoms with Gasteiger partial charge in [-0.15, -0.1) is 0 Å². The minimum atomic E-state index is -0.921. The number of aromatic carboxylic acids is 1. The van der Waals surface area contributed by atoms with Crippen molar-refractivity contribution in [3.8, 4) is 0 Å². The molecule has 1 aromatic rings. The number of hydrogen-bond donors (Lipinski definition) is 2. The molecular formula is C15H18N2O3.